The smallest absolute Gasteiger partial charge is 0.318 e. The molecule has 6 rings (SSSR count). The minimum atomic E-state index is -0.209. The van der Waals surface area contributed by atoms with Crippen molar-refractivity contribution in [2.45, 2.75) is 64.5 Å². The molecule has 2 aromatic carbocycles. The number of ether oxygens (including phenoxy) is 2. The van der Waals surface area contributed by atoms with Gasteiger partial charge in [0, 0.05) is 42.5 Å². The van der Waals surface area contributed by atoms with Crippen molar-refractivity contribution >= 4 is 28.2 Å². The fourth-order valence-electron chi connectivity index (χ4n) is 6.66. The van der Waals surface area contributed by atoms with E-state index in [1.807, 2.05) is 11.1 Å². The van der Waals surface area contributed by atoms with Gasteiger partial charge in [-0.15, -0.1) is 0 Å². The second-order valence-electron chi connectivity index (χ2n) is 11.7. The standard InChI is InChI=1S/C35H40N6O3/c1-3-32(42)41-20-19-40(23-27(41)15-17-36)34-29-16-18-39(31-14-8-11-26-10-7-9-25(2)33(26)31)24-30(29)37-35(38-34)44-22-21-43-28-12-5-4-6-13-28/h3,7-11,14,23,28H,1,4-6,12-13,15-16,18-22,24H2,2H3. The Balaban J connectivity index is 1.31. The molecule has 9 nitrogen and oxygen atoms in total. The molecule has 2 aliphatic heterocycles. The molecular formula is C35H40N6O3. The minimum Gasteiger partial charge on any atom is -0.461 e. The summed E-state index contributed by atoms with van der Waals surface area (Å²) < 4.78 is 12.2. The van der Waals surface area contributed by atoms with Gasteiger partial charge in [0.05, 0.1) is 43.1 Å². The molecule has 0 saturated heterocycles. The number of allylic oxidation sites excluding steroid dienone is 1. The van der Waals surface area contributed by atoms with Crippen LogP contribution in [-0.4, -0.2) is 59.7 Å². The Labute approximate surface area is 259 Å². The van der Waals surface area contributed by atoms with Crippen molar-refractivity contribution in [1.82, 2.24) is 14.9 Å². The Morgan fingerprint density at radius 1 is 1.09 bits per heavy atom. The van der Waals surface area contributed by atoms with Crippen molar-refractivity contribution in [3.05, 3.63) is 77.8 Å². The van der Waals surface area contributed by atoms with E-state index < -0.39 is 0 Å². The van der Waals surface area contributed by atoms with Gasteiger partial charge in [0.15, 0.2) is 0 Å². The molecular weight excluding hydrogens is 552 g/mol. The predicted octanol–water partition coefficient (Wildman–Crippen LogP) is 5.82. The van der Waals surface area contributed by atoms with E-state index in [1.54, 1.807) is 4.90 Å². The fourth-order valence-corrected chi connectivity index (χ4v) is 6.66. The van der Waals surface area contributed by atoms with Gasteiger partial charge in [-0.1, -0.05) is 56.2 Å². The van der Waals surface area contributed by atoms with Crippen LogP contribution in [0.15, 0.2) is 61.0 Å². The van der Waals surface area contributed by atoms with Gasteiger partial charge in [-0.3, -0.25) is 4.79 Å². The second kappa shape index (κ2) is 13.5. The zero-order valence-corrected chi connectivity index (χ0v) is 25.5. The highest BCUT2D eigenvalue weighted by Gasteiger charge is 2.29. The first-order valence-corrected chi connectivity index (χ1v) is 15.7. The van der Waals surface area contributed by atoms with E-state index >= 15 is 0 Å². The number of fused-ring (bicyclic) bond motifs is 2. The first-order valence-electron chi connectivity index (χ1n) is 15.7. The number of aryl methyl sites for hydroxylation is 1. The molecule has 44 heavy (non-hydrogen) atoms. The third-order valence-electron chi connectivity index (χ3n) is 8.86. The summed E-state index contributed by atoms with van der Waals surface area (Å²) in [6.07, 6.45) is 10.3. The summed E-state index contributed by atoms with van der Waals surface area (Å²) in [6, 6.07) is 15.4. The number of rotatable bonds is 9. The first kappa shape index (κ1) is 29.6. The van der Waals surface area contributed by atoms with Crippen LogP contribution in [0.3, 0.4) is 0 Å². The van der Waals surface area contributed by atoms with Crippen LogP contribution in [0.2, 0.25) is 0 Å². The zero-order valence-electron chi connectivity index (χ0n) is 25.5. The average Bonchev–Trinajstić information content (AvgIpc) is 3.06. The maximum atomic E-state index is 12.5. The summed E-state index contributed by atoms with van der Waals surface area (Å²) in [5.74, 6) is 0.562. The highest BCUT2D eigenvalue weighted by Crippen LogP contribution is 2.36. The molecule has 1 aliphatic carbocycles. The zero-order chi connectivity index (χ0) is 30.5. The lowest BCUT2D eigenvalue weighted by molar-refractivity contribution is -0.124. The highest BCUT2D eigenvalue weighted by atomic mass is 16.5. The average molecular weight is 593 g/mol. The summed E-state index contributed by atoms with van der Waals surface area (Å²) in [5, 5.41) is 12.0. The third kappa shape index (κ3) is 6.27. The lowest BCUT2D eigenvalue weighted by atomic mass is 9.98. The second-order valence-corrected chi connectivity index (χ2v) is 11.7. The lowest BCUT2D eigenvalue weighted by Crippen LogP contribution is -2.42. The molecule has 0 spiro atoms. The number of hydrogen-bond donors (Lipinski definition) is 0. The SMILES string of the molecule is C=CC(=O)N1CCN(c2nc(OCCOC3CCCCC3)nc3c2CCN(c2cccc4cccc(C)c24)C3)C=C1CC#N. The number of carbonyl (C=O) groups excluding carboxylic acids is 1. The minimum absolute atomic E-state index is 0.111. The van der Waals surface area contributed by atoms with E-state index in [9.17, 15) is 10.1 Å². The Kier molecular flexibility index (Phi) is 9.08. The molecule has 9 heteroatoms. The topological polar surface area (TPSA) is 94.8 Å². The molecule has 0 N–H and O–H groups in total. The van der Waals surface area contributed by atoms with E-state index in [-0.39, 0.29) is 12.3 Å². The van der Waals surface area contributed by atoms with Gasteiger partial charge in [0.2, 0.25) is 5.91 Å². The van der Waals surface area contributed by atoms with Gasteiger partial charge < -0.3 is 24.2 Å². The molecule has 0 bridgehead atoms. The van der Waals surface area contributed by atoms with Gasteiger partial charge in [0.25, 0.3) is 0 Å². The van der Waals surface area contributed by atoms with E-state index in [4.69, 9.17) is 19.4 Å². The van der Waals surface area contributed by atoms with Crippen LogP contribution in [-0.2, 0) is 22.5 Å². The Morgan fingerprint density at radius 2 is 1.91 bits per heavy atom. The number of amides is 1. The van der Waals surface area contributed by atoms with Crippen molar-refractivity contribution in [3.8, 4) is 12.1 Å². The number of nitrogens with zero attached hydrogens (tertiary/aromatic N) is 6. The summed E-state index contributed by atoms with van der Waals surface area (Å²) in [4.78, 5) is 28.4. The molecule has 3 aromatic rings. The van der Waals surface area contributed by atoms with E-state index in [2.05, 4.69) is 60.9 Å². The molecule has 1 amide bonds. The highest BCUT2D eigenvalue weighted by molar-refractivity contribution is 5.97. The molecule has 3 heterocycles. The predicted molar refractivity (Wildman–Crippen MR) is 171 cm³/mol. The monoisotopic (exact) mass is 592 g/mol. The maximum Gasteiger partial charge on any atom is 0.318 e. The van der Waals surface area contributed by atoms with E-state index in [0.29, 0.717) is 50.7 Å². The van der Waals surface area contributed by atoms with Crippen molar-refractivity contribution in [2.75, 3.05) is 42.6 Å². The molecule has 1 fully saturated rings. The largest absolute Gasteiger partial charge is 0.461 e. The molecule has 1 aromatic heterocycles. The van der Waals surface area contributed by atoms with Crippen LogP contribution in [0.1, 0.15) is 55.3 Å². The quantitative estimate of drug-likeness (QED) is 0.227. The third-order valence-corrected chi connectivity index (χ3v) is 8.86. The number of carbonyl (C=O) groups is 1. The number of hydrogen-bond acceptors (Lipinski definition) is 8. The number of benzene rings is 2. The Morgan fingerprint density at radius 3 is 2.70 bits per heavy atom. The van der Waals surface area contributed by atoms with Crippen molar-refractivity contribution in [3.63, 3.8) is 0 Å². The van der Waals surface area contributed by atoms with Crippen LogP contribution in [0.4, 0.5) is 11.5 Å². The van der Waals surface area contributed by atoms with E-state index in [1.165, 1.54) is 47.4 Å². The number of anilines is 2. The van der Waals surface area contributed by atoms with Gasteiger partial charge >= 0.3 is 6.01 Å². The van der Waals surface area contributed by atoms with Gasteiger partial charge in [0.1, 0.15) is 12.4 Å². The van der Waals surface area contributed by atoms with Crippen LogP contribution < -0.4 is 14.5 Å². The molecule has 0 unspecified atom stereocenters. The van der Waals surface area contributed by atoms with Gasteiger partial charge in [-0.05, 0) is 49.3 Å². The first-order chi connectivity index (χ1) is 21.6. The van der Waals surface area contributed by atoms with Crippen LogP contribution in [0.5, 0.6) is 6.01 Å². The summed E-state index contributed by atoms with van der Waals surface area (Å²) in [5.41, 5.74) is 5.07. The van der Waals surface area contributed by atoms with Crippen LogP contribution in [0.25, 0.3) is 10.8 Å². The fraction of sp³-hybridized carbons (Fsp3) is 0.429. The molecule has 228 valence electrons. The summed E-state index contributed by atoms with van der Waals surface area (Å²) in [6.45, 7) is 9.07. The lowest BCUT2D eigenvalue weighted by Gasteiger charge is -2.36. The number of nitriles is 1. The Bertz CT molecular complexity index is 1600. The maximum absolute atomic E-state index is 12.5. The molecule has 0 atom stereocenters. The Hall–Kier alpha value is -4.42. The van der Waals surface area contributed by atoms with E-state index in [0.717, 1.165) is 42.9 Å². The van der Waals surface area contributed by atoms with Gasteiger partial charge in [-0.25, -0.2) is 0 Å². The molecule has 3 aliphatic rings. The van der Waals surface area contributed by atoms with Crippen molar-refractivity contribution < 1.29 is 14.3 Å². The molecule has 0 radical (unpaired) electrons. The van der Waals surface area contributed by atoms with Crippen molar-refractivity contribution in [2.24, 2.45) is 0 Å². The number of aromatic nitrogens is 2. The van der Waals surface area contributed by atoms with Gasteiger partial charge in [-0.2, -0.15) is 15.2 Å². The molecule has 1 saturated carbocycles. The normalized spacial score (nSPS) is 17.2. The van der Waals surface area contributed by atoms with Crippen molar-refractivity contribution in [1.29, 1.82) is 5.26 Å². The van der Waals surface area contributed by atoms with Crippen LogP contribution in [0, 0.1) is 18.3 Å². The summed E-state index contributed by atoms with van der Waals surface area (Å²) in [7, 11) is 0. The van der Waals surface area contributed by atoms with Crippen LogP contribution >= 0.6 is 0 Å². The summed E-state index contributed by atoms with van der Waals surface area (Å²) >= 11 is 0.